The number of carbonyl (C=O) groups is 6. The summed E-state index contributed by atoms with van der Waals surface area (Å²) in [6.07, 6.45) is 1.21. The summed E-state index contributed by atoms with van der Waals surface area (Å²) in [6, 6.07) is 28.2. The highest BCUT2D eigenvalue weighted by Gasteiger charge is 2.33. The first-order chi connectivity index (χ1) is 26.1. The zero-order valence-electron chi connectivity index (χ0n) is 30.0. The Kier molecular flexibility index (Phi) is 11.2. The van der Waals surface area contributed by atoms with Gasteiger partial charge in [-0.15, -0.1) is 5.06 Å². The van der Waals surface area contributed by atoms with E-state index >= 15 is 0 Å². The number of hydroxylamine groups is 2. The van der Waals surface area contributed by atoms with E-state index < -0.39 is 29.7 Å². The van der Waals surface area contributed by atoms with Gasteiger partial charge in [-0.3, -0.25) is 19.2 Å². The van der Waals surface area contributed by atoms with Gasteiger partial charge in [0.1, 0.15) is 11.7 Å². The molecule has 13 nitrogen and oxygen atoms in total. The first-order valence-electron chi connectivity index (χ1n) is 17.4. The van der Waals surface area contributed by atoms with Crippen LogP contribution in [0.4, 0.5) is 11.4 Å². The van der Waals surface area contributed by atoms with Gasteiger partial charge in [-0.25, -0.2) is 9.59 Å². The van der Waals surface area contributed by atoms with Crippen LogP contribution in [0, 0.1) is 0 Å². The van der Waals surface area contributed by atoms with E-state index in [1.165, 1.54) is 31.4 Å². The number of hydrogen-bond donors (Lipinski definition) is 0. The van der Waals surface area contributed by atoms with Crippen molar-refractivity contribution >= 4 is 58.6 Å². The molecule has 3 aliphatic heterocycles. The van der Waals surface area contributed by atoms with Crippen LogP contribution in [0.25, 0.3) is 0 Å². The number of ether oxygens (including phenoxy) is 1. The Balaban J connectivity index is 0.000000189. The van der Waals surface area contributed by atoms with Crippen molar-refractivity contribution in [1.29, 1.82) is 0 Å². The normalized spacial score (nSPS) is 15.9. The quantitative estimate of drug-likeness (QED) is 0.173. The Morgan fingerprint density at radius 2 is 1.02 bits per heavy atom. The Labute approximate surface area is 311 Å². The molecule has 4 amide bonds. The number of esters is 1. The molecule has 0 spiro atoms. The van der Waals surface area contributed by atoms with Crippen LogP contribution in [0.3, 0.4) is 0 Å². The van der Waals surface area contributed by atoms with Crippen LogP contribution in [0.1, 0.15) is 79.2 Å². The summed E-state index contributed by atoms with van der Waals surface area (Å²) in [5.41, 5.74) is 5.36. The Morgan fingerprint density at radius 3 is 1.46 bits per heavy atom. The Hall–Kier alpha value is -6.76. The molecule has 0 bridgehead atoms. The minimum Gasteiger partial charge on any atom is -0.465 e. The van der Waals surface area contributed by atoms with Crippen LogP contribution in [-0.2, 0) is 32.0 Å². The number of carbonyl (C=O) groups excluding carboxylic acids is 6. The first kappa shape index (κ1) is 37.0. The fourth-order valence-corrected chi connectivity index (χ4v) is 6.40. The zero-order valence-corrected chi connectivity index (χ0v) is 30.0. The van der Waals surface area contributed by atoms with Crippen molar-refractivity contribution in [1.82, 2.24) is 5.06 Å². The SMILES string of the molecule is CCN1C(=NC(=O)c2cccc(C(=O)OC)c2)Cc2ccccc21.CCN1C(=NC(=O)c2cccc(C(=O)ON3C(=O)CCC3=O)c2)Cc2ccccc21. The summed E-state index contributed by atoms with van der Waals surface area (Å²) >= 11 is 0. The predicted molar refractivity (Wildman–Crippen MR) is 201 cm³/mol. The van der Waals surface area contributed by atoms with Crippen molar-refractivity contribution in [2.45, 2.75) is 39.5 Å². The predicted octanol–water partition coefficient (Wildman–Crippen LogP) is 5.62. The van der Waals surface area contributed by atoms with Gasteiger partial charge in [-0.2, -0.15) is 9.98 Å². The lowest BCUT2D eigenvalue weighted by atomic mass is 10.1. The fraction of sp³-hybridized carbons (Fsp3) is 0.220. The molecular weight excluding hydrogens is 690 g/mol. The number of para-hydroxylation sites is 2. The third kappa shape index (κ3) is 7.84. The molecule has 0 atom stereocenters. The molecular formula is C41H37N5O8. The topological polar surface area (TPSA) is 155 Å². The summed E-state index contributed by atoms with van der Waals surface area (Å²) in [7, 11) is 1.31. The molecule has 1 saturated heterocycles. The van der Waals surface area contributed by atoms with Gasteiger partial charge in [0.25, 0.3) is 23.6 Å². The number of rotatable bonds is 7. The number of aliphatic imine (C=N–C) groups is 2. The molecule has 7 rings (SSSR count). The second-order valence-electron chi connectivity index (χ2n) is 12.4. The molecule has 0 saturated carbocycles. The van der Waals surface area contributed by atoms with Gasteiger partial charge in [0.2, 0.25) is 0 Å². The molecule has 0 N–H and O–H groups in total. The molecule has 0 aliphatic carbocycles. The van der Waals surface area contributed by atoms with E-state index in [0.29, 0.717) is 41.4 Å². The van der Waals surface area contributed by atoms with E-state index in [2.05, 4.69) is 14.7 Å². The summed E-state index contributed by atoms with van der Waals surface area (Å²) in [5, 5.41) is 0.478. The number of amides is 4. The molecule has 0 aromatic heterocycles. The molecule has 4 aromatic rings. The third-order valence-electron chi connectivity index (χ3n) is 9.03. The molecule has 4 aromatic carbocycles. The largest absolute Gasteiger partial charge is 0.465 e. The Bertz CT molecular complexity index is 2210. The van der Waals surface area contributed by atoms with Crippen molar-refractivity contribution in [2.75, 3.05) is 30.0 Å². The fourth-order valence-electron chi connectivity index (χ4n) is 6.40. The van der Waals surface area contributed by atoms with Crippen LogP contribution in [0.5, 0.6) is 0 Å². The minimum atomic E-state index is -0.885. The minimum absolute atomic E-state index is 0.0123. The number of likely N-dealkylation sites (N-methyl/N-ethyl adjacent to an activating group) is 2. The van der Waals surface area contributed by atoms with Crippen LogP contribution >= 0.6 is 0 Å². The molecule has 0 radical (unpaired) electrons. The number of imide groups is 1. The number of hydrogen-bond acceptors (Lipinski definition) is 8. The van der Waals surface area contributed by atoms with Gasteiger partial charge in [0.05, 0.1) is 18.2 Å². The second kappa shape index (κ2) is 16.3. The maximum absolute atomic E-state index is 12.8. The van der Waals surface area contributed by atoms with Crippen molar-refractivity contribution in [3.05, 3.63) is 130 Å². The van der Waals surface area contributed by atoms with E-state index in [4.69, 9.17) is 4.84 Å². The van der Waals surface area contributed by atoms with Crippen LogP contribution in [0.15, 0.2) is 107 Å². The van der Waals surface area contributed by atoms with E-state index in [-0.39, 0.29) is 29.9 Å². The highest BCUT2D eigenvalue weighted by molar-refractivity contribution is 6.14. The van der Waals surface area contributed by atoms with Crippen LogP contribution in [0.2, 0.25) is 0 Å². The van der Waals surface area contributed by atoms with Gasteiger partial charge in [0.15, 0.2) is 0 Å². The van der Waals surface area contributed by atoms with Crippen LogP contribution < -0.4 is 9.80 Å². The molecule has 3 aliphatic rings. The van der Waals surface area contributed by atoms with Crippen LogP contribution in [-0.4, -0.2) is 72.5 Å². The zero-order chi connectivity index (χ0) is 38.4. The molecule has 0 unspecified atom stereocenters. The lowest BCUT2D eigenvalue weighted by molar-refractivity contribution is -0.172. The number of anilines is 2. The summed E-state index contributed by atoms with van der Waals surface area (Å²) < 4.78 is 4.69. The smallest absolute Gasteiger partial charge is 0.363 e. The highest BCUT2D eigenvalue weighted by atomic mass is 16.7. The number of nitrogens with zero attached hydrogens (tertiary/aromatic N) is 5. The third-order valence-corrected chi connectivity index (χ3v) is 9.03. The number of amidine groups is 2. The van der Waals surface area contributed by atoms with Crippen molar-refractivity contribution in [3.8, 4) is 0 Å². The maximum Gasteiger partial charge on any atom is 0.363 e. The molecule has 13 heteroatoms. The summed E-state index contributed by atoms with van der Waals surface area (Å²) in [5.74, 6) is -1.96. The van der Waals surface area contributed by atoms with Gasteiger partial charge in [0, 0.05) is 61.3 Å². The Morgan fingerprint density at radius 1 is 0.593 bits per heavy atom. The maximum atomic E-state index is 12.8. The number of fused-ring (bicyclic) bond motifs is 2. The van der Waals surface area contributed by atoms with Gasteiger partial charge in [-0.05, 0) is 73.5 Å². The lowest BCUT2D eigenvalue weighted by Crippen LogP contribution is -2.32. The monoisotopic (exact) mass is 727 g/mol. The molecule has 1 fully saturated rings. The number of methoxy groups -OCH3 is 1. The molecule has 274 valence electrons. The van der Waals surface area contributed by atoms with Gasteiger partial charge in [-0.1, -0.05) is 48.5 Å². The standard InChI is InChI=1S/C22H19N3O5.C19H18N2O3/c1-2-24-17-9-4-3-6-14(17)13-18(24)23-21(28)15-7-5-8-16(12-15)22(29)30-25-19(26)10-11-20(25)27;1-3-21-16-10-5-4-7-13(16)12-17(21)20-18(22)14-8-6-9-15(11-14)19(23)24-2/h3-9,12H,2,10-11,13H2,1H3;4-11H,3,12H2,1-2H3. The van der Waals surface area contributed by atoms with E-state index in [1.54, 1.807) is 24.3 Å². The van der Waals surface area contributed by atoms with Crippen molar-refractivity contribution in [2.24, 2.45) is 9.98 Å². The molecule has 3 heterocycles. The number of benzene rings is 4. The van der Waals surface area contributed by atoms with E-state index in [1.807, 2.05) is 72.2 Å². The van der Waals surface area contributed by atoms with Crippen molar-refractivity contribution < 1.29 is 38.3 Å². The average molecular weight is 728 g/mol. The second-order valence-corrected chi connectivity index (χ2v) is 12.4. The van der Waals surface area contributed by atoms with Gasteiger partial charge >= 0.3 is 11.9 Å². The summed E-state index contributed by atoms with van der Waals surface area (Å²) in [4.78, 5) is 89.9. The summed E-state index contributed by atoms with van der Waals surface area (Å²) in [6.45, 7) is 5.43. The highest BCUT2D eigenvalue weighted by Crippen LogP contribution is 2.30. The van der Waals surface area contributed by atoms with E-state index in [9.17, 15) is 28.8 Å². The lowest BCUT2D eigenvalue weighted by Gasteiger charge is -2.17. The van der Waals surface area contributed by atoms with Gasteiger partial charge < -0.3 is 19.4 Å². The first-order valence-corrected chi connectivity index (χ1v) is 17.4. The van der Waals surface area contributed by atoms with Crippen molar-refractivity contribution in [3.63, 3.8) is 0 Å². The van der Waals surface area contributed by atoms with E-state index in [0.717, 1.165) is 34.9 Å². The molecule has 54 heavy (non-hydrogen) atoms. The average Bonchev–Trinajstić information content (AvgIpc) is 3.85.